The number of urea groups is 1. The molecule has 15 heteroatoms. The molecule has 2 amide bonds. The van der Waals surface area contributed by atoms with Crippen LogP contribution in [0.1, 0.15) is 56.8 Å². The maximum Gasteiger partial charge on any atom is 0.315 e. The van der Waals surface area contributed by atoms with Crippen molar-refractivity contribution in [2.75, 3.05) is 31.6 Å². The van der Waals surface area contributed by atoms with Gasteiger partial charge in [-0.05, 0) is 63.1 Å². The van der Waals surface area contributed by atoms with E-state index in [1.54, 1.807) is 0 Å². The summed E-state index contributed by atoms with van der Waals surface area (Å²) in [6.45, 7) is 9.24. The van der Waals surface area contributed by atoms with Gasteiger partial charge < -0.3 is 36.0 Å². The Bertz CT molecular complexity index is 1650. The second-order valence-electron chi connectivity index (χ2n) is 12.8. The number of fused-ring (bicyclic) bond motifs is 1. The largest absolute Gasteiger partial charge is 0.394 e. The topological polar surface area (TPSA) is 175 Å². The van der Waals surface area contributed by atoms with E-state index < -0.39 is 37.2 Å². The third-order valence-electron chi connectivity index (χ3n) is 8.88. The summed E-state index contributed by atoms with van der Waals surface area (Å²) in [6, 6.07) is 15.1. The number of carbonyl (C=O) groups excluding carboxylic acids is 1. The van der Waals surface area contributed by atoms with Gasteiger partial charge in [-0.25, -0.2) is 19.7 Å². The highest BCUT2D eigenvalue weighted by Gasteiger charge is 2.44. The van der Waals surface area contributed by atoms with Crippen LogP contribution in [0, 0.1) is 0 Å². The number of primary amides is 1. The predicted octanol–water partition coefficient (Wildman–Crippen LogP) is 3.99. The van der Waals surface area contributed by atoms with Gasteiger partial charge in [0.15, 0.2) is 29.0 Å². The number of ether oxygens (including phenoxy) is 1. The molecule has 4 atom stereocenters. The molecular weight excluding hydrogens is 671 g/mol. The maximum absolute atomic E-state index is 12.7. The summed E-state index contributed by atoms with van der Waals surface area (Å²) in [4.78, 5) is 30.6. The van der Waals surface area contributed by atoms with Gasteiger partial charge in [-0.1, -0.05) is 47.5 Å². The monoisotopic (exact) mass is 714 g/mol. The fourth-order valence-corrected chi connectivity index (χ4v) is 6.51. The summed E-state index contributed by atoms with van der Waals surface area (Å²) in [6.07, 6.45) is -3.31. The van der Waals surface area contributed by atoms with Crippen LogP contribution in [-0.2, 0) is 11.3 Å². The van der Waals surface area contributed by atoms with Gasteiger partial charge in [-0.2, -0.15) is 0 Å². The minimum atomic E-state index is -1.36. The molecule has 0 aliphatic carbocycles. The average molecular weight is 716 g/mol. The zero-order valence-corrected chi connectivity index (χ0v) is 29.5. The highest BCUT2D eigenvalue weighted by molar-refractivity contribution is 6.30. The lowest BCUT2D eigenvalue weighted by Crippen LogP contribution is -2.45. The van der Waals surface area contributed by atoms with E-state index in [0.29, 0.717) is 46.7 Å². The number of aliphatic hydroxyl groups excluding tert-OH is 3. The molecule has 0 spiro atoms. The molecule has 2 aromatic carbocycles. The van der Waals surface area contributed by atoms with E-state index in [1.165, 1.54) is 15.8 Å². The number of nitrogens with two attached hydrogens (primary N) is 1. The summed E-state index contributed by atoms with van der Waals surface area (Å²) in [5, 5.41) is 35.7. The standard InChI is InChI=1S/C34H44Cl2N8O5/c1-19(2)43(20(3)4)14-13-42(34(37)48)16-27-40-31(28-32(41-27)44(18-39-28)33-30(47)29(46)26(17-45)49-33)38-15-25(21-5-9-23(35)10-6-21)22-7-11-24(36)12-8-22/h5-12,18-20,25-26,29-30,33,45-47H,13-17H2,1-4H3,(H2,37,48)(H,38,40,41)/t26-,29-,30-,33-/m1/s1. The van der Waals surface area contributed by atoms with Gasteiger partial charge in [-0.3, -0.25) is 9.47 Å². The Hall–Kier alpha value is -3.56. The number of amides is 2. The number of carbonyl (C=O) groups is 1. The van der Waals surface area contributed by atoms with Crippen LogP contribution in [0.25, 0.3) is 11.2 Å². The predicted molar refractivity (Wildman–Crippen MR) is 189 cm³/mol. The number of anilines is 1. The second-order valence-corrected chi connectivity index (χ2v) is 13.6. The van der Waals surface area contributed by atoms with E-state index in [2.05, 4.69) is 42.9 Å². The molecule has 1 aliphatic rings. The molecule has 4 aromatic rings. The summed E-state index contributed by atoms with van der Waals surface area (Å²) in [5.74, 6) is 0.511. The maximum atomic E-state index is 12.7. The van der Waals surface area contributed by atoms with Gasteiger partial charge in [-0.15, -0.1) is 0 Å². The Morgan fingerprint density at radius 3 is 2.06 bits per heavy atom. The Morgan fingerprint density at radius 2 is 1.55 bits per heavy atom. The van der Waals surface area contributed by atoms with Gasteiger partial charge in [0.05, 0.1) is 19.5 Å². The van der Waals surface area contributed by atoms with Crippen molar-refractivity contribution >= 4 is 46.2 Å². The quantitative estimate of drug-likeness (QED) is 0.128. The SMILES string of the molecule is CC(C)N(CCN(Cc1nc(NCC(c2ccc(Cl)cc2)c2ccc(Cl)cc2)c2ncn([C@@H]3O[C@H](CO)[C@@H](O)[C@H]3O)c2n1)C(N)=O)C(C)C. The normalized spacial score (nSPS) is 19.5. The molecule has 1 saturated heterocycles. The highest BCUT2D eigenvalue weighted by atomic mass is 35.5. The van der Waals surface area contributed by atoms with Crippen molar-refractivity contribution in [3.05, 3.63) is 81.9 Å². The van der Waals surface area contributed by atoms with Gasteiger partial charge in [0.1, 0.15) is 18.3 Å². The molecule has 264 valence electrons. The first kappa shape index (κ1) is 36.7. The molecule has 2 aromatic heterocycles. The molecule has 0 bridgehead atoms. The summed E-state index contributed by atoms with van der Waals surface area (Å²) < 4.78 is 7.31. The number of hydrogen-bond acceptors (Lipinski definition) is 10. The Balaban J connectivity index is 1.52. The molecule has 49 heavy (non-hydrogen) atoms. The molecule has 1 fully saturated rings. The van der Waals surface area contributed by atoms with E-state index in [4.69, 9.17) is 43.6 Å². The number of rotatable bonds is 14. The first-order valence-electron chi connectivity index (χ1n) is 16.3. The van der Waals surface area contributed by atoms with Gasteiger partial charge in [0.2, 0.25) is 0 Å². The van der Waals surface area contributed by atoms with E-state index in [9.17, 15) is 20.1 Å². The highest BCUT2D eigenvalue weighted by Crippen LogP contribution is 2.33. The molecule has 6 N–H and O–H groups in total. The second kappa shape index (κ2) is 16.0. The zero-order valence-electron chi connectivity index (χ0n) is 27.9. The number of nitrogens with one attached hydrogen (secondary N) is 1. The third-order valence-corrected chi connectivity index (χ3v) is 9.38. The fourth-order valence-electron chi connectivity index (χ4n) is 6.26. The Morgan fingerprint density at radius 1 is 0.959 bits per heavy atom. The molecule has 3 heterocycles. The van der Waals surface area contributed by atoms with Gasteiger partial charge in [0, 0.05) is 47.7 Å². The lowest BCUT2D eigenvalue weighted by atomic mass is 9.91. The van der Waals surface area contributed by atoms with Crippen LogP contribution in [-0.4, -0.2) is 107 Å². The lowest BCUT2D eigenvalue weighted by molar-refractivity contribution is -0.0511. The van der Waals surface area contributed by atoms with Crippen molar-refractivity contribution < 1.29 is 24.9 Å². The van der Waals surface area contributed by atoms with Crippen molar-refractivity contribution in [1.82, 2.24) is 29.3 Å². The third kappa shape index (κ3) is 8.43. The Labute approximate surface area is 295 Å². The van der Waals surface area contributed by atoms with Crippen LogP contribution in [0.2, 0.25) is 10.0 Å². The molecule has 0 saturated carbocycles. The number of aromatic nitrogens is 4. The smallest absolute Gasteiger partial charge is 0.315 e. The summed E-state index contributed by atoms with van der Waals surface area (Å²) in [5.41, 5.74) is 8.53. The van der Waals surface area contributed by atoms with E-state index in [-0.39, 0.29) is 30.4 Å². The van der Waals surface area contributed by atoms with Crippen molar-refractivity contribution in [3.8, 4) is 0 Å². The van der Waals surface area contributed by atoms with Crippen molar-refractivity contribution in [3.63, 3.8) is 0 Å². The molecule has 5 rings (SSSR count). The number of hydrogen-bond donors (Lipinski definition) is 5. The Kier molecular flexibility index (Phi) is 12.0. The number of nitrogens with zero attached hydrogens (tertiary/aromatic N) is 6. The first-order valence-corrected chi connectivity index (χ1v) is 17.0. The number of benzene rings is 2. The van der Waals surface area contributed by atoms with Crippen LogP contribution < -0.4 is 11.1 Å². The van der Waals surface area contributed by atoms with Crippen LogP contribution in [0.5, 0.6) is 0 Å². The average Bonchev–Trinajstić information content (AvgIpc) is 3.61. The minimum Gasteiger partial charge on any atom is -0.394 e. The van der Waals surface area contributed by atoms with Crippen LogP contribution in [0.15, 0.2) is 54.9 Å². The summed E-state index contributed by atoms with van der Waals surface area (Å²) >= 11 is 12.4. The van der Waals surface area contributed by atoms with Crippen molar-refractivity contribution in [2.24, 2.45) is 5.73 Å². The lowest BCUT2D eigenvalue weighted by Gasteiger charge is -2.32. The first-order chi connectivity index (χ1) is 23.4. The van der Waals surface area contributed by atoms with Crippen LogP contribution in [0.4, 0.5) is 10.6 Å². The summed E-state index contributed by atoms with van der Waals surface area (Å²) in [7, 11) is 0. The molecule has 13 nitrogen and oxygen atoms in total. The number of imidazole rings is 1. The van der Waals surface area contributed by atoms with Crippen molar-refractivity contribution in [1.29, 1.82) is 0 Å². The van der Waals surface area contributed by atoms with E-state index in [1.807, 2.05) is 48.5 Å². The molecular formula is C34H44Cl2N8O5. The van der Waals surface area contributed by atoms with Gasteiger partial charge >= 0.3 is 6.03 Å². The van der Waals surface area contributed by atoms with Gasteiger partial charge in [0.25, 0.3) is 0 Å². The fraction of sp³-hybridized carbons (Fsp3) is 0.471. The minimum absolute atomic E-state index is 0.00291. The van der Waals surface area contributed by atoms with E-state index >= 15 is 0 Å². The number of aliphatic hydroxyl groups is 3. The molecule has 0 unspecified atom stereocenters. The number of halogens is 2. The van der Waals surface area contributed by atoms with Crippen molar-refractivity contribution in [2.45, 2.75) is 76.8 Å². The molecule has 1 aliphatic heterocycles. The van der Waals surface area contributed by atoms with Crippen LogP contribution in [0.3, 0.4) is 0 Å². The van der Waals surface area contributed by atoms with Crippen LogP contribution >= 0.6 is 23.2 Å². The zero-order chi connectivity index (χ0) is 35.4. The molecule has 0 radical (unpaired) electrons. The van der Waals surface area contributed by atoms with E-state index in [0.717, 1.165) is 11.1 Å².